The molecule has 1 aromatic carbocycles. The van der Waals surface area contributed by atoms with E-state index in [2.05, 4.69) is 4.98 Å². The van der Waals surface area contributed by atoms with Gasteiger partial charge in [-0.1, -0.05) is 32.4 Å². The van der Waals surface area contributed by atoms with E-state index in [0.717, 1.165) is 6.07 Å². The highest BCUT2D eigenvalue weighted by molar-refractivity contribution is 7.89. The predicted octanol–water partition coefficient (Wildman–Crippen LogP) is 4.97. The molecule has 1 aromatic heterocycles. The van der Waals surface area contributed by atoms with Gasteiger partial charge in [0.05, 0.1) is 23.4 Å². The molecule has 11 heteroatoms. The van der Waals surface area contributed by atoms with Crippen LogP contribution >= 0.6 is 11.6 Å². The van der Waals surface area contributed by atoms with Crippen molar-refractivity contribution in [1.82, 2.24) is 9.29 Å². The van der Waals surface area contributed by atoms with Crippen LogP contribution in [0.25, 0.3) is 0 Å². The average Bonchev–Trinajstić information content (AvgIpc) is 3.25. The maximum atomic E-state index is 13.5. The highest BCUT2D eigenvalue weighted by atomic mass is 35.5. The third kappa shape index (κ3) is 4.62. The first-order valence-electron chi connectivity index (χ1n) is 9.59. The lowest BCUT2D eigenvalue weighted by atomic mass is 9.94. The summed E-state index contributed by atoms with van der Waals surface area (Å²) in [4.78, 5) is 3.92. The quantitative estimate of drug-likeness (QED) is 0.559. The highest BCUT2D eigenvalue weighted by Crippen LogP contribution is 2.53. The Bertz CT molecular complexity index is 1060. The summed E-state index contributed by atoms with van der Waals surface area (Å²) in [5.41, 5.74) is -2.38. The zero-order valence-corrected chi connectivity index (χ0v) is 19.2. The molecule has 172 valence electrons. The van der Waals surface area contributed by atoms with Crippen LogP contribution in [0.4, 0.5) is 13.2 Å². The largest absolute Gasteiger partial charge is 0.443 e. The Morgan fingerprint density at radius 2 is 1.90 bits per heavy atom. The molecule has 31 heavy (non-hydrogen) atoms. The Morgan fingerprint density at radius 3 is 2.35 bits per heavy atom. The maximum Gasteiger partial charge on any atom is 0.416 e. The van der Waals surface area contributed by atoms with E-state index in [1.165, 1.54) is 11.4 Å². The molecular formula is C20H24ClF3N2O4S. The second-order valence-electron chi connectivity index (χ2n) is 8.52. The van der Waals surface area contributed by atoms with Crippen molar-refractivity contribution in [2.24, 2.45) is 0 Å². The molecule has 1 aliphatic carbocycles. The molecule has 0 saturated heterocycles. The van der Waals surface area contributed by atoms with Gasteiger partial charge >= 0.3 is 6.18 Å². The molecule has 0 atom stereocenters. The molecule has 1 fully saturated rings. The van der Waals surface area contributed by atoms with Crippen molar-refractivity contribution in [1.29, 1.82) is 0 Å². The van der Waals surface area contributed by atoms with E-state index in [9.17, 15) is 21.6 Å². The summed E-state index contributed by atoms with van der Waals surface area (Å²) in [5, 5.41) is -0.504. The van der Waals surface area contributed by atoms with Crippen LogP contribution < -0.4 is 0 Å². The molecule has 0 radical (unpaired) electrons. The van der Waals surface area contributed by atoms with E-state index >= 15 is 0 Å². The number of ether oxygens (including phenoxy) is 1. The number of sulfonamides is 1. The van der Waals surface area contributed by atoms with Gasteiger partial charge in [-0.05, 0) is 31.0 Å². The van der Waals surface area contributed by atoms with E-state index in [4.69, 9.17) is 20.8 Å². The summed E-state index contributed by atoms with van der Waals surface area (Å²) >= 11 is 6.00. The topological polar surface area (TPSA) is 72.6 Å². The summed E-state index contributed by atoms with van der Waals surface area (Å²) in [6, 6.07) is 2.20. The lowest BCUT2D eigenvalue weighted by Gasteiger charge is -2.29. The van der Waals surface area contributed by atoms with Gasteiger partial charge in [0, 0.05) is 19.1 Å². The van der Waals surface area contributed by atoms with Crippen LogP contribution in [0, 0.1) is 0 Å². The summed E-state index contributed by atoms with van der Waals surface area (Å²) in [7, 11) is -2.85. The molecule has 1 saturated carbocycles. The lowest BCUT2D eigenvalue weighted by Crippen LogP contribution is -2.42. The molecular weight excluding hydrogens is 457 g/mol. The SMILES string of the molecule is COCCN(C1(c2ncc(C(C)(C)C)o2)CC1)S(=O)(=O)c1ccc(C(F)(F)F)cc1Cl. The Labute approximate surface area is 184 Å². The Kier molecular flexibility index (Phi) is 6.25. The summed E-state index contributed by atoms with van der Waals surface area (Å²) in [6.07, 6.45) is -2.15. The first-order chi connectivity index (χ1) is 14.2. The molecule has 2 aromatic rings. The molecule has 0 bridgehead atoms. The normalized spacial score (nSPS) is 16.7. The summed E-state index contributed by atoms with van der Waals surface area (Å²) in [6.45, 7) is 5.87. The number of hydrogen-bond acceptors (Lipinski definition) is 5. The monoisotopic (exact) mass is 480 g/mol. The number of hydrogen-bond donors (Lipinski definition) is 0. The second-order valence-corrected chi connectivity index (χ2v) is 10.8. The van der Waals surface area contributed by atoms with Crippen LogP contribution in [0.5, 0.6) is 0 Å². The first-order valence-corrected chi connectivity index (χ1v) is 11.4. The van der Waals surface area contributed by atoms with Gasteiger partial charge in [-0.3, -0.25) is 0 Å². The summed E-state index contributed by atoms with van der Waals surface area (Å²) in [5.74, 6) is 0.852. The molecule has 0 N–H and O–H groups in total. The van der Waals surface area contributed by atoms with E-state index in [1.807, 2.05) is 20.8 Å². The zero-order valence-electron chi connectivity index (χ0n) is 17.6. The van der Waals surface area contributed by atoms with Gasteiger partial charge in [0.2, 0.25) is 15.9 Å². The third-order valence-corrected chi connectivity index (χ3v) is 7.62. The minimum absolute atomic E-state index is 0.0383. The number of rotatable bonds is 7. The van der Waals surface area contributed by atoms with Crippen LogP contribution in [-0.4, -0.2) is 38.0 Å². The van der Waals surface area contributed by atoms with Crippen LogP contribution in [-0.2, 0) is 31.9 Å². The van der Waals surface area contributed by atoms with E-state index in [0.29, 0.717) is 30.7 Å². The fourth-order valence-electron chi connectivity index (χ4n) is 3.27. The van der Waals surface area contributed by atoms with Gasteiger partial charge in [-0.15, -0.1) is 0 Å². The number of alkyl halides is 3. The van der Waals surface area contributed by atoms with Crippen molar-refractivity contribution in [2.45, 2.75) is 55.6 Å². The van der Waals surface area contributed by atoms with Crippen molar-refractivity contribution in [2.75, 3.05) is 20.3 Å². The van der Waals surface area contributed by atoms with E-state index in [1.54, 1.807) is 6.20 Å². The maximum absolute atomic E-state index is 13.5. The zero-order chi connectivity index (χ0) is 23.2. The first kappa shape index (κ1) is 24.0. The minimum atomic E-state index is -4.64. The van der Waals surface area contributed by atoms with E-state index < -0.39 is 37.2 Å². The van der Waals surface area contributed by atoms with Gasteiger partial charge in [-0.2, -0.15) is 17.5 Å². The lowest BCUT2D eigenvalue weighted by molar-refractivity contribution is -0.137. The molecule has 1 heterocycles. The second kappa shape index (κ2) is 8.06. The minimum Gasteiger partial charge on any atom is -0.443 e. The van der Waals surface area contributed by atoms with Gasteiger partial charge in [0.15, 0.2) is 0 Å². The van der Waals surface area contributed by atoms with Gasteiger partial charge in [0.25, 0.3) is 0 Å². The number of halogens is 4. The Balaban J connectivity index is 2.05. The molecule has 0 aliphatic heterocycles. The number of aromatic nitrogens is 1. The Hall–Kier alpha value is -1.62. The van der Waals surface area contributed by atoms with Gasteiger partial charge in [-0.25, -0.2) is 13.4 Å². The molecule has 3 rings (SSSR count). The molecule has 0 unspecified atom stereocenters. The Morgan fingerprint density at radius 1 is 1.26 bits per heavy atom. The van der Waals surface area contributed by atoms with Crippen molar-refractivity contribution >= 4 is 21.6 Å². The van der Waals surface area contributed by atoms with Crippen molar-refractivity contribution in [3.8, 4) is 0 Å². The van der Waals surface area contributed by atoms with Crippen LogP contribution in [0.2, 0.25) is 5.02 Å². The van der Waals surface area contributed by atoms with Crippen molar-refractivity contribution in [3.63, 3.8) is 0 Å². The molecule has 0 spiro atoms. The highest BCUT2D eigenvalue weighted by Gasteiger charge is 2.58. The van der Waals surface area contributed by atoms with Crippen molar-refractivity contribution in [3.05, 3.63) is 46.6 Å². The average molecular weight is 481 g/mol. The molecule has 0 amide bonds. The van der Waals surface area contributed by atoms with Gasteiger partial charge in [0.1, 0.15) is 16.2 Å². The third-order valence-electron chi connectivity index (χ3n) is 5.17. The van der Waals surface area contributed by atoms with Crippen LogP contribution in [0.3, 0.4) is 0 Å². The fraction of sp³-hybridized carbons (Fsp3) is 0.550. The van der Waals surface area contributed by atoms with Crippen molar-refractivity contribution < 1.29 is 30.7 Å². The number of nitrogens with zero attached hydrogens (tertiary/aromatic N) is 2. The number of methoxy groups -OCH3 is 1. The molecule has 6 nitrogen and oxygen atoms in total. The summed E-state index contributed by atoms with van der Waals surface area (Å²) < 4.78 is 78.2. The molecule has 1 aliphatic rings. The van der Waals surface area contributed by atoms with E-state index in [-0.39, 0.29) is 24.5 Å². The predicted molar refractivity (Wildman–Crippen MR) is 108 cm³/mol. The number of oxazole rings is 1. The van der Waals surface area contributed by atoms with Crippen LogP contribution in [0.1, 0.15) is 50.8 Å². The van der Waals surface area contributed by atoms with Crippen LogP contribution in [0.15, 0.2) is 33.7 Å². The standard InChI is InChI=1S/C20H24ClF3N2O4S/c1-18(2,3)16-12-25-17(30-16)19(7-8-19)26(9-10-29-4)31(27,28)15-6-5-13(11-14(15)21)20(22,23)24/h5-6,11-12H,7-10H2,1-4H3. The smallest absolute Gasteiger partial charge is 0.416 e. The van der Waals surface area contributed by atoms with Gasteiger partial charge < -0.3 is 9.15 Å². The fourth-order valence-corrected chi connectivity index (χ4v) is 5.56. The number of benzene rings is 1.